The molecule has 2 N–H and O–H groups in total. The van der Waals surface area contributed by atoms with Crippen molar-refractivity contribution in [2.45, 2.75) is 0 Å². The number of anilines is 1. The standard InChI is InChI=1S/C25H17Cl2N3O5S/c1-34-19-12-14(13-28-30-24(32)23(31)29-16-9-7-15(26)8-10-16)6-11-18(19)35-25(33)22-21(27)17-4-2-3-5-20(17)36-22/h2-13H,1H3,(H,29,31)(H,30,32). The molecule has 2 amide bonds. The zero-order valence-corrected chi connectivity index (χ0v) is 20.9. The highest BCUT2D eigenvalue weighted by Gasteiger charge is 2.20. The van der Waals surface area contributed by atoms with Crippen LogP contribution in [0.4, 0.5) is 5.69 Å². The molecule has 1 aromatic heterocycles. The monoisotopic (exact) mass is 541 g/mol. The van der Waals surface area contributed by atoms with E-state index in [-0.39, 0.29) is 16.4 Å². The van der Waals surface area contributed by atoms with Crippen molar-refractivity contribution in [3.8, 4) is 11.5 Å². The van der Waals surface area contributed by atoms with Crippen LogP contribution < -0.4 is 20.2 Å². The second kappa shape index (κ2) is 11.2. The maximum Gasteiger partial charge on any atom is 0.355 e. The molecule has 0 saturated carbocycles. The third-order valence-electron chi connectivity index (χ3n) is 4.80. The summed E-state index contributed by atoms with van der Waals surface area (Å²) >= 11 is 13.4. The van der Waals surface area contributed by atoms with E-state index in [0.29, 0.717) is 21.3 Å². The molecule has 36 heavy (non-hydrogen) atoms. The lowest BCUT2D eigenvalue weighted by Crippen LogP contribution is -2.32. The highest BCUT2D eigenvalue weighted by Crippen LogP contribution is 2.37. The van der Waals surface area contributed by atoms with E-state index in [1.807, 2.05) is 24.3 Å². The lowest BCUT2D eigenvalue weighted by Gasteiger charge is -2.09. The Balaban J connectivity index is 1.39. The minimum absolute atomic E-state index is 0.180. The van der Waals surface area contributed by atoms with Gasteiger partial charge in [-0.1, -0.05) is 41.4 Å². The van der Waals surface area contributed by atoms with Gasteiger partial charge in [0.05, 0.1) is 18.3 Å². The van der Waals surface area contributed by atoms with E-state index in [0.717, 1.165) is 10.1 Å². The number of nitrogens with zero attached hydrogens (tertiary/aromatic N) is 1. The Kier molecular flexibility index (Phi) is 7.84. The summed E-state index contributed by atoms with van der Waals surface area (Å²) in [4.78, 5) is 37.0. The lowest BCUT2D eigenvalue weighted by atomic mass is 10.2. The smallest absolute Gasteiger partial charge is 0.355 e. The van der Waals surface area contributed by atoms with Gasteiger partial charge in [-0.15, -0.1) is 11.3 Å². The fourth-order valence-electron chi connectivity index (χ4n) is 3.08. The average molecular weight is 542 g/mol. The van der Waals surface area contributed by atoms with Crippen molar-refractivity contribution in [2.75, 3.05) is 12.4 Å². The molecule has 0 saturated heterocycles. The number of fused-ring (bicyclic) bond motifs is 1. The van der Waals surface area contributed by atoms with Gasteiger partial charge in [0, 0.05) is 20.8 Å². The van der Waals surface area contributed by atoms with Crippen LogP contribution in [0, 0.1) is 0 Å². The minimum Gasteiger partial charge on any atom is -0.493 e. The van der Waals surface area contributed by atoms with E-state index in [1.165, 1.54) is 30.7 Å². The van der Waals surface area contributed by atoms with Gasteiger partial charge < -0.3 is 14.8 Å². The summed E-state index contributed by atoms with van der Waals surface area (Å²) in [5.41, 5.74) is 3.07. The molecule has 182 valence electrons. The highest BCUT2D eigenvalue weighted by atomic mass is 35.5. The first kappa shape index (κ1) is 25.2. The molecule has 0 aliphatic heterocycles. The van der Waals surface area contributed by atoms with Gasteiger partial charge in [0.1, 0.15) is 4.88 Å². The van der Waals surface area contributed by atoms with Gasteiger partial charge in [-0.3, -0.25) is 9.59 Å². The van der Waals surface area contributed by atoms with E-state index < -0.39 is 17.8 Å². The highest BCUT2D eigenvalue weighted by molar-refractivity contribution is 7.21. The molecule has 0 fully saturated rings. The van der Waals surface area contributed by atoms with E-state index >= 15 is 0 Å². The van der Waals surface area contributed by atoms with Crippen molar-refractivity contribution in [1.82, 2.24) is 5.43 Å². The first-order valence-corrected chi connectivity index (χ1v) is 11.9. The number of amides is 2. The largest absolute Gasteiger partial charge is 0.493 e. The van der Waals surface area contributed by atoms with Crippen molar-refractivity contribution >= 4 is 74.3 Å². The molecular weight excluding hydrogens is 525 g/mol. The normalized spacial score (nSPS) is 10.9. The Morgan fingerprint density at radius 1 is 0.944 bits per heavy atom. The molecular formula is C25H17Cl2N3O5S. The van der Waals surface area contributed by atoms with Gasteiger partial charge in [0.25, 0.3) is 0 Å². The number of carbonyl (C=O) groups excluding carboxylic acids is 3. The predicted molar refractivity (Wildman–Crippen MR) is 141 cm³/mol. The van der Waals surface area contributed by atoms with Gasteiger partial charge in [0.2, 0.25) is 0 Å². The Bertz CT molecular complexity index is 1490. The Morgan fingerprint density at radius 3 is 2.42 bits per heavy atom. The number of methoxy groups -OCH3 is 1. The van der Waals surface area contributed by atoms with Crippen LogP contribution in [0.25, 0.3) is 10.1 Å². The average Bonchev–Trinajstić information content (AvgIpc) is 3.22. The number of halogens is 2. The maximum absolute atomic E-state index is 12.7. The predicted octanol–water partition coefficient (Wildman–Crippen LogP) is 5.52. The molecule has 1 heterocycles. The van der Waals surface area contributed by atoms with Crippen LogP contribution in [0.2, 0.25) is 10.0 Å². The third-order valence-corrected chi connectivity index (χ3v) is 6.71. The maximum atomic E-state index is 12.7. The number of benzene rings is 3. The first-order chi connectivity index (χ1) is 17.4. The fourth-order valence-corrected chi connectivity index (χ4v) is 4.59. The number of ether oxygens (including phenoxy) is 2. The van der Waals surface area contributed by atoms with Crippen LogP contribution in [-0.4, -0.2) is 31.1 Å². The zero-order valence-electron chi connectivity index (χ0n) is 18.6. The summed E-state index contributed by atoms with van der Waals surface area (Å²) in [5.74, 6) is -2.02. The molecule has 0 unspecified atom stereocenters. The molecule has 11 heteroatoms. The Labute approximate surface area is 219 Å². The molecule has 0 radical (unpaired) electrons. The summed E-state index contributed by atoms with van der Waals surface area (Å²) < 4.78 is 11.7. The third kappa shape index (κ3) is 5.83. The zero-order chi connectivity index (χ0) is 25.7. The van der Waals surface area contributed by atoms with Crippen molar-refractivity contribution in [2.24, 2.45) is 5.10 Å². The second-order valence-corrected chi connectivity index (χ2v) is 9.07. The number of esters is 1. The van der Waals surface area contributed by atoms with Gasteiger partial charge in [-0.25, -0.2) is 10.2 Å². The number of hydrazone groups is 1. The fraction of sp³-hybridized carbons (Fsp3) is 0.0400. The number of hydrogen-bond acceptors (Lipinski definition) is 7. The number of nitrogens with one attached hydrogen (secondary N) is 2. The summed E-state index contributed by atoms with van der Waals surface area (Å²) in [7, 11) is 1.42. The van der Waals surface area contributed by atoms with Crippen LogP contribution in [0.3, 0.4) is 0 Å². The number of carbonyl (C=O) groups is 3. The quantitative estimate of drug-likeness (QED) is 0.110. The van der Waals surface area contributed by atoms with Gasteiger partial charge in [-0.2, -0.15) is 5.10 Å². The van der Waals surface area contributed by atoms with Gasteiger partial charge >= 0.3 is 17.8 Å². The van der Waals surface area contributed by atoms with Crippen LogP contribution in [0.15, 0.2) is 71.8 Å². The second-order valence-electron chi connectivity index (χ2n) is 7.20. The van der Waals surface area contributed by atoms with Gasteiger partial charge in [-0.05, 0) is 54.1 Å². The number of rotatable bonds is 6. The molecule has 0 atom stereocenters. The topological polar surface area (TPSA) is 106 Å². The van der Waals surface area contributed by atoms with Crippen LogP contribution in [0.5, 0.6) is 11.5 Å². The van der Waals surface area contributed by atoms with Crippen molar-refractivity contribution in [3.05, 3.63) is 87.2 Å². The van der Waals surface area contributed by atoms with Gasteiger partial charge in [0.15, 0.2) is 11.5 Å². The van der Waals surface area contributed by atoms with E-state index in [1.54, 1.807) is 36.4 Å². The van der Waals surface area contributed by atoms with Crippen molar-refractivity contribution < 1.29 is 23.9 Å². The summed E-state index contributed by atoms with van der Waals surface area (Å²) in [6.45, 7) is 0. The van der Waals surface area contributed by atoms with E-state index in [2.05, 4.69) is 15.8 Å². The van der Waals surface area contributed by atoms with Crippen molar-refractivity contribution in [1.29, 1.82) is 0 Å². The summed E-state index contributed by atoms with van der Waals surface area (Å²) in [6, 6.07) is 18.4. The molecule has 0 aliphatic rings. The first-order valence-electron chi connectivity index (χ1n) is 10.3. The molecule has 8 nitrogen and oxygen atoms in total. The molecule has 0 bridgehead atoms. The SMILES string of the molecule is COc1cc(C=NNC(=O)C(=O)Nc2ccc(Cl)cc2)ccc1OC(=O)c1sc2ccccc2c1Cl. The Hall–Kier alpha value is -3.92. The van der Waals surface area contributed by atoms with E-state index in [4.69, 9.17) is 32.7 Å². The van der Waals surface area contributed by atoms with Crippen LogP contribution in [0.1, 0.15) is 15.2 Å². The number of thiophene rings is 1. The van der Waals surface area contributed by atoms with Crippen molar-refractivity contribution in [3.63, 3.8) is 0 Å². The van der Waals surface area contributed by atoms with E-state index in [9.17, 15) is 14.4 Å². The molecule has 0 aliphatic carbocycles. The van der Waals surface area contributed by atoms with Crippen LogP contribution >= 0.6 is 34.5 Å². The van der Waals surface area contributed by atoms with Crippen LogP contribution in [-0.2, 0) is 9.59 Å². The lowest BCUT2D eigenvalue weighted by molar-refractivity contribution is -0.136. The molecule has 3 aromatic carbocycles. The number of hydrogen-bond donors (Lipinski definition) is 2. The minimum atomic E-state index is -0.959. The molecule has 4 aromatic rings. The summed E-state index contributed by atoms with van der Waals surface area (Å²) in [6.07, 6.45) is 1.31. The molecule has 4 rings (SSSR count). The summed E-state index contributed by atoms with van der Waals surface area (Å²) in [5, 5.41) is 7.82. The molecule has 0 spiro atoms. The Morgan fingerprint density at radius 2 is 1.69 bits per heavy atom.